The summed E-state index contributed by atoms with van der Waals surface area (Å²) in [6.45, 7) is 5.85. The number of anilines is 1. The summed E-state index contributed by atoms with van der Waals surface area (Å²) in [7, 11) is 0. The summed E-state index contributed by atoms with van der Waals surface area (Å²) in [6, 6.07) is 3.52. The van der Waals surface area contributed by atoms with Crippen LogP contribution < -0.4 is 5.32 Å². The van der Waals surface area contributed by atoms with Crippen molar-refractivity contribution in [2.75, 3.05) is 5.32 Å². The van der Waals surface area contributed by atoms with Gasteiger partial charge in [0.25, 0.3) is 0 Å². The molecule has 1 amide bonds. The SMILES string of the molecule is CC(C)OC(=O)c1c(NC(=O)/C=C\c2ccco2)sc2c1CC[C@@H](C)C2. The van der Waals surface area contributed by atoms with Gasteiger partial charge < -0.3 is 14.5 Å². The van der Waals surface area contributed by atoms with Crippen molar-refractivity contribution in [1.82, 2.24) is 0 Å². The topological polar surface area (TPSA) is 68.5 Å². The first-order chi connectivity index (χ1) is 12.4. The maximum atomic E-state index is 12.6. The standard InChI is InChI=1S/C20H23NO4S/c1-12(2)25-20(23)18-15-8-6-13(3)11-16(15)26-19(18)21-17(22)9-7-14-5-4-10-24-14/h4-5,7,9-10,12-13H,6,8,11H2,1-3H3,(H,21,22)/b9-7-/t13-/m1/s1. The minimum absolute atomic E-state index is 0.206. The number of carbonyl (C=O) groups is 2. The highest BCUT2D eigenvalue weighted by molar-refractivity contribution is 7.17. The normalized spacial score (nSPS) is 16.7. The van der Waals surface area contributed by atoms with Crippen molar-refractivity contribution in [1.29, 1.82) is 0 Å². The summed E-state index contributed by atoms with van der Waals surface area (Å²) in [5, 5.41) is 3.42. The van der Waals surface area contributed by atoms with Gasteiger partial charge in [-0.3, -0.25) is 4.79 Å². The van der Waals surface area contributed by atoms with Crippen LogP contribution in [0.5, 0.6) is 0 Å². The Morgan fingerprint density at radius 1 is 1.42 bits per heavy atom. The Balaban J connectivity index is 1.85. The molecule has 1 atom stereocenters. The van der Waals surface area contributed by atoms with Gasteiger partial charge in [-0.05, 0) is 62.8 Å². The second-order valence-electron chi connectivity index (χ2n) is 6.85. The number of hydrogen-bond acceptors (Lipinski definition) is 5. The van der Waals surface area contributed by atoms with Crippen molar-refractivity contribution in [3.05, 3.63) is 46.2 Å². The fraction of sp³-hybridized carbons (Fsp3) is 0.400. The van der Waals surface area contributed by atoms with E-state index >= 15 is 0 Å². The molecule has 6 heteroatoms. The van der Waals surface area contributed by atoms with Crippen molar-refractivity contribution < 1.29 is 18.7 Å². The van der Waals surface area contributed by atoms with Gasteiger partial charge in [-0.25, -0.2) is 4.79 Å². The lowest BCUT2D eigenvalue weighted by atomic mass is 9.88. The Hall–Kier alpha value is -2.34. The van der Waals surface area contributed by atoms with Crippen LogP contribution >= 0.6 is 11.3 Å². The van der Waals surface area contributed by atoms with Gasteiger partial charge in [-0.15, -0.1) is 11.3 Å². The summed E-state index contributed by atoms with van der Waals surface area (Å²) < 4.78 is 10.6. The average molecular weight is 373 g/mol. The molecule has 5 nitrogen and oxygen atoms in total. The lowest BCUT2D eigenvalue weighted by molar-refractivity contribution is -0.111. The zero-order chi connectivity index (χ0) is 18.7. The van der Waals surface area contributed by atoms with E-state index in [-0.39, 0.29) is 18.0 Å². The predicted molar refractivity (Wildman–Crippen MR) is 102 cm³/mol. The van der Waals surface area contributed by atoms with E-state index in [4.69, 9.17) is 9.15 Å². The molecular weight excluding hydrogens is 350 g/mol. The van der Waals surface area contributed by atoms with Crippen molar-refractivity contribution in [2.24, 2.45) is 5.92 Å². The highest BCUT2D eigenvalue weighted by atomic mass is 32.1. The molecule has 2 heterocycles. The highest BCUT2D eigenvalue weighted by Gasteiger charge is 2.29. The van der Waals surface area contributed by atoms with E-state index in [0.717, 1.165) is 24.8 Å². The van der Waals surface area contributed by atoms with Crippen molar-refractivity contribution in [3.63, 3.8) is 0 Å². The second-order valence-corrected chi connectivity index (χ2v) is 7.95. The predicted octanol–water partition coefficient (Wildman–Crippen LogP) is 4.68. The summed E-state index contributed by atoms with van der Waals surface area (Å²) in [5.41, 5.74) is 1.55. The number of hydrogen-bond donors (Lipinski definition) is 1. The van der Waals surface area contributed by atoms with Crippen LogP contribution in [-0.2, 0) is 22.4 Å². The number of carbonyl (C=O) groups excluding carboxylic acids is 2. The maximum Gasteiger partial charge on any atom is 0.341 e. The van der Waals surface area contributed by atoms with Crippen molar-refractivity contribution in [2.45, 2.75) is 46.1 Å². The number of nitrogens with one attached hydrogen (secondary N) is 1. The van der Waals surface area contributed by atoms with E-state index in [0.29, 0.717) is 22.2 Å². The Morgan fingerprint density at radius 2 is 2.23 bits per heavy atom. The van der Waals surface area contributed by atoms with Gasteiger partial charge in [0.15, 0.2) is 0 Å². The fourth-order valence-corrected chi connectivity index (χ4v) is 4.43. The van der Waals surface area contributed by atoms with Gasteiger partial charge in [-0.1, -0.05) is 6.92 Å². The highest BCUT2D eigenvalue weighted by Crippen LogP contribution is 2.40. The second kappa shape index (κ2) is 7.91. The molecule has 0 saturated heterocycles. The van der Waals surface area contributed by atoms with Gasteiger partial charge in [0.05, 0.1) is 17.9 Å². The minimum atomic E-state index is -0.364. The van der Waals surface area contributed by atoms with Crippen LogP contribution in [0.25, 0.3) is 6.08 Å². The van der Waals surface area contributed by atoms with Gasteiger partial charge in [0.2, 0.25) is 5.91 Å². The number of rotatable bonds is 5. The Labute approximate surface area is 157 Å². The Bertz CT molecular complexity index is 817. The quantitative estimate of drug-likeness (QED) is 0.610. The van der Waals surface area contributed by atoms with Crippen LogP contribution in [0.2, 0.25) is 0 Å². The van der Waals surface area contributed by atoms with E-state index in [2.05, 4.69) is 12.2 Å². The molecule has 0 radical (unpaired) electrons. The van der Waals surface area contributed by atoms with E-state index < -0.39 is 0 Å². The molecule has 26 heavy (non-hydrogen) atoms. The largest absolute Gasteiger partial charge is 0.465 e. The number of ether oxygens (including phenoxy) is 1. The molecule has 0 spiro atoms. The zero-order valence-electron chi connectivity index (χ0n) is 15.2. The third-order valence-corrected chi connectivity index (χ3v) is 5.41. The molecule has 0 fully saturated rings. The molecule has 0 saturated carbocycles. The Morgan fingerprint density at radius 3 is 2.92 bits per heavy atom. The fourth-order valence-electron chi connectivity index (χ4n) is 3.03. The molecule has 1 aliphatic rings. The summed E-state index contributed by atoms with van der Waals surface area (Å²) in [6.07, 6.45) is 7.15. The summed E-state index contributed by atoms with van der Waals surface area (Å²) in [5.74, 6) is 0.514. The van der Waals surface area contributed by atoms with Gasteiger partial charge >= 0.3 is 5.97 Å². The number of esters is 1. The molecule has 1 N–H and O–H groups in total. The van der Waals surface area contributed by atoms with Crippen molar-refractivity contribution >= 4 is 34.3 Å². The molecule has 0 bridgehead atoms. The molecule has 0 aliphatic heterocycles. The summed E-state index contributed by atoms with van der Waals surface area (Å²) in [4.78, 5) is 26.1. The lowest BCUT2D eigenvalue weighted by Gasteiger charge is -2.18. The van der Waals surface area contributed by atoms with Crippen LogP contribution in [0.3, 0.4) is 0 Å². The number of fused-ring (bicyclic) bond motifs is 1. The molecule has 1 aliphatic carbocycles. The van der Waals surface area contributed by atoms with Gasteiger partial charge in [-0.2, -0.15) is 0 Å². The maximum absolute atomic E-state index is 12.6. The third kappa shape index (κ3) is 4.25. The molecule has 3 rings (SSSR count). The van der Waals surface area contributed by atoms with Crippen LogP contribution in [0, 0.1) is 5.92 Å². The molecular formula is C20H23NO4S. The summed E-state index contributed by atoms with van der Waals surface area (Å²) >= 11 is 1.48. The van der Waals surface area contributed by atoms with Crippen LogP contribution in [0.4, 0.5) is 5.00 Å². The first kappa shape index (κ1) is 18.5. The first-order valence-electron chi connectivity index (χ1n) is 8.82. The van der Waals surface area contributed by atoms with E-state index in [1.54, 1.807) is 24.5 Å². The number of amides is 1. The third-order valence-electron chi connectivity index (χ3n) is 4.24. The average Bonchev–Trinajstić information content (AvgIpc) is 3.18. The van der Waals surface area contributed by atoms with Crippen LogP contribution in [0.1, 0.15) is 53.8 Å². The number of thiophene rings is 1. The molecule has 2 aromatic heterocycles. The molecule has 0 unspecified atom stereocenters. The van der Waals surface area contributed by atoms with Gasteiger partial charge in [0.1, 0.15) is 10.8 Å². The smallest absolute Gasteiger partial charge is 0.341 e. The van der Waals surface area contributed by atoms with E-state index in [1.165, 1.54) is 22.3 Å². The minimum Gasteiger partial charge on any atom is -0.465 e. The molecule has 2 aromatic rings. The monoisotopic (exact) mass is 373 g/mol. The van der Waals surface area contributed by atoms with Crippen LogP contribution in [-0.4, -0.2) is 18.0 Å². The van der Waals surface area contributed by atoms with E-state index in [9.17, 15) is 9.59 Å². The first-order valence-corrected chi connectivity index (χ1v) is 9.63. The molecule has 0 aromatic carbocycles. The van der Waals surface area contributed by atoms with Crippen molar-refractivity contribution in [3.8, 4) is 0 Å². The van der Waals surface area contributed by atoms with Gasteiger partial charge in [0, 0.05) is 11.0 Å². The van der Waals surface area contributed by atoms with E-state index in [1.807, 2.05) is 13.8 Å². The zero-order valence-corrected chi connectivity index (χ0v) is 16.0. The van der Waals surface area contributed by atoms with Crippen LogP contribution in [0.15, 0.2) is 28.9 Å². The number of furan rings is 1. The molecule has 138 valence electrons. The lowest BCUT2D eigenvalue weighted by Crippen LogP contribution is -2.18. The Kier molecular flexibility index (Phi) is 5.61.